The number of hydrogen-bond donors (Lipinski definition) is 0. The summed E-state index contributed by atoms with van der Waals surface area (Å²) in [7, 11) is 0. The Bertz CT molecular complexity index is 397. The lowest BCUT2D eigenvalue weighted by molar-refractivity contribution is 0.0608. The molecule has 0 aliphatic carbocycles. The largest absolute Gasteiger partial charge is 0.292 e. The van der Waals surface area contributed by atoms with E-state index in [1.165, 1.54) is 0 Å². The standard InChI is InChI=1S/C15H22ClNO/c1-5-15(4,17(6-2)7-3)14(18)12-8-10-13(16)11-9-12/h8-11H,5-7H2,1-4H3. The molecule has 1 aromatic carbocycles. The molecule has 0 radical (unpaired) electrons. The van der Waals surface area contributed by atoms with Crippen LogP contribution in [0.25, 0.3) is 0 Å². The summed E-state index contributed by atoms with van der Waals surface area (Å²) in [5, 5.41) is 0.660. The number of halogens is 1. The molecule has 0 N–H and O–H groups in total. The summed E-state index contributed by atoms with van der Waals surface area (Å²) in [5.74, 6) is 0.172. The average Bonchev–Trinajstić information content (AvgIpc) is 2.39. The highest BCUT2D eigenvalue weighted by Crippen LogP contribution is 2.25. The molecule has 2 nitrogen and oxygen atoms in total. The number of Topliss-reactive ketones (excluding diaryl/α,β-unsaturated/α-hetero) is 1. The lowest BCUT2D eigenvalue weighted by Gasteiger charge is -2.38. The van der Waals surface area contributed by atoms with E-state index in [4.69, 9.17) is 11.6 Å². The lowest BCUT2D eigenvalue weighted by atomic mass is 9.86. The minimum Gasteiger partial charge on any atom is -0.292 e. The Labute approximate surface area is 115 Å². The monoisotopic (exact) mass is 267 g/mol. The molecule has 0 heterocycles. The summed E-state index contributed by atoms with van der Waals surface area (Å²) in [6.07, 6.45) is 0.802. The van der Waals surface area contributed by atoms with E-state index in [2.05, 4.69) is 25.7 Å². The van der Waals surface area contributed by atoms with Gasteiger partial charge in [-0.1, -0.05) is 32.4 Å². The van der Waals surface area contributed by atoms with Gasteiger partial charge in [-0.3, -0.25) is 9.69 Å². The highest BCUT2D eigenvalue weighted by Gasteiger charge is 2.36. The molecular formula is C15H22ClNO. The zero-order valence-corrected chi connectivity index (χ0v) is 12.4. The van der Waals surface area contributed by atoms with Gasteiger partial charge in [-0.05, 0) is 50.7 Å². The predicted octanol–water partition coefficient (Wildman–Crippen LogP) is 4.03. The van der Waals surface area contributed by atoms with Gasteiger partial charge in [0, 0.05) is 10.6 Å². The summed E-state index contributed by atoms with van der Waals surface area (Å²) in [4.78, 5) is 14.9. The molecule has 0 aromatic heterocycles. The van der Waals surface area contributed by atoms with E-state index in [0.717, 1.165) is 25.1 Å². The van der Waals surface area contributed by atoms with E-state index in [1.54, 1.807) is 12.1 Å². The molecule has 0 saturated carbocycles. The third-order valence-electron chi connectivity index (χ3n) is 3.75. The normalized spacial score (nSPS) is 14.6. The van der Waals surface area contributed by atoms with Crippen LogP contribution in [0, 0.1) is 0 Å². The first-order chi connectivity index (χ1) is 8.49. The lowest BCUT2D eigenvalue weighted by Crippen LogP contribution is -2.51. The van der Waals surface area contributed by atoms with E-state index in [1.807, 2.05) is 19.1 Å². The van der Waals surface area contributed by atoms with Crippen molar-refractivity contribution in [3.63, 3.8) is 0 Å². The maximum Gasteiger partial charge on any atom is 0.182 e. The molecule has 1 unspecified atom stereocenters. The third kappa shape index (κ3) is 2.93. The molecule has 3 heteroatoms. The molecule has 0 saturated heterocycles. The topological polar surface area (TPSA) is 20.3 Å². The average molecular weight is 268 g/mol. The van der Waals surface area contributed by atoms with Gasteiger partial charge in [-0.25, -0.2) is 0 Å². The summed E-state index contributed by atoms with van der Waals surface area (Å²) in [6, 6.07) is 7.16. The van der Waals surface area contributed by atoms with Crippen molar-refractivity contribution >= 4 is 17.4 Å². The number of carbonyl (C=O) groups is 1. The summed E-state index contributed by atoms with van der Waals surface area (Å²) >= 11 is 5.86. The Morgan fingerprint density at radius 1 is 1.17 bits per heavy atom. The Morgan fingerprint density at radius 2 is 1.67 bits per heavy atom. The van der Waals surface area contributed by atoms with Crippen LogP contribution < -0.4 is 0 Å². The highest BCUT2D eigenvalue weighted by atomic mass is 35.5. The number of hydrogen-bond acceptors (Lipinski definition) is 2. The van der Waals surface area contributed by atoms with Gasteiger partial charge in [0.05, 0.1) is 5.54 Å². The predicted molar refractivity (Wildman–Crippen MR) is 77.4 cm³/mol. The molecule has 0 fully saturated rings. The van der Waals surface area contributed by atoms with Gasteiger partial charge in [-0.15, -0.1) is 0 Å². The number of likely N-dealkylation sites (N-methyl/N-ethyl adjacent to an activating group) is 1. The van der Waals surface area contributed by atoms with E-state index in [0.29, 0.717) is 5.02 Å². The van der Waals surface area contributed by atoms with E-state index in [9.17, 15) is 4.79 Å². The number of benzene rings is 1. The van der Waals surface area contributed by atoms with Crippen molar-refractivity contribution in [2.75, 3.05) is 13.1 Å². The van der Waals surface area contributed by atoms with Gasteiger partial charge in [0.1, 0.15) is 0 Å². The third-order valence-corrected chi connectivity index (χ3v) is 4.00. The molecule has 18 heavy (non-hydrogen) atoms. The minimum atomic E-state index is -0.433. The van der Waals surface area contributed by atoms with Gasteiger partial charge in [0.25, 0.3) is 0 Å². The van der Waals surface area contributed by atoms with E-state index in [-0.39, 0.29) is 5.78 Å². The van der Waals surface area contributed by atoms with Crippen LogP contribution in [-0.4, -0.2) is 29.3 Å². The zero-order valence-electron chi connectivity index (χ0n) is 11.7. The van der Waals surface area contributed by atoms with Crippen molar-refractivity contribution in [1.82, 2.24) is 4.90 Å². The fourth-order valence-corrected chi connectivity index (χ4v) is 2.49. The van der Waals surface area contributed by atoms with Crippen LogP contribution in [0.5, 0.6) is 0 Å². The van der Waals surface area contributed by atoms with Crippen LogP contribution in [0.1, 0.15) is 44.5 Å². The van der Waals surface area contributed by atoms with Crippen molar-refractivity contribution in [2.24, 2.45) is 0 Å². The maximum atomic E-state index is 12.7. The number of carbonyl (C=O) groups excluding carboxylic acids is 1. The first-order valence-electron chi connectivity index (χ1n) is 6.55. The number of rotatable bonds is 6. The van der Waals surface area contributed by atoms with Gasteiger partial charge in [0.2, 0.25) is 0 Å². The van der Waals surface area contributed by atoms with Gasteiger partial charge in [-0.2, -0.15) is 0 Å². The first kappa shape index (κ1) is 15.2. The van der Waals surface area contributed by atoms with E-state index < -0.39 is 5.54 Å². The molecule has 1 atom stereocenters. The highest BCUT2D eigenvalue weighted by molar-refractivity contribution is 6.30. The van der Waals surface area contributed by atoms with Crippen LogP contribution >= 0.6 is 11.6 Å². The van der Waals surface area contributed by atoms with Gasteiger partial charge < -0.3 is 0 Å². The van der Waals surface area contributed by atoms with Crippen molar-refractivity contribution in [3.8, 4) is 0 Å². The summed E-state index contributed by atoms with van der Waals surface area (Å²) < 4.78 is 0. The molecule has 100 valence electrons. The smallest absolute Gasteiger partial charge is 0.182 e. The summed E-state index contributed by atoms with van der Waals surface area (Å²) in [5.41, 5.74) is 0.299. The molecule has 0 aliphatic heterocycles. The van der Waals surface area contributed by atoms with Gasteiger partial charge >= 0.3 is 0 Å². The first-order valence-corrected chi connectivity index (χ1v) is 6.92. The fourth-order valence-electron chi connectivity index (χ4n) is 2.36. The SMILES string of the molecule is CCN(CC)C(C)(CC)C(=O)c1ccc(Cl)cc1. The second-order valence-electron chi connectivity index (χ2n) is 4.64. The maximum absolute atomic E-state index is 12.7. The number of nitrogens with zero attached hydrogens (tertiary/aromatic N) is 1. The summed E-state index contributed by atoms with van der Waals surface area (Å²) in [6.45, 7) is 10.0. The van der Waals surface area contributed by atoms with Crippen LogP contribution in [0.3, 0.4) is 0 Å². The Balaban J connectivity index is 3.08. The molecule has 0 aliphatic rings. The second kappa shape index (κ2) is 6.35. The minimum absolute atomic E-state index is 0.172. The molecular weight excluding hydrogens is 246 g/mol. The van der Waals surface area contributed by atoms with E-state index >= 15 is 0 Å². The molecule has 0 spiro atoms. The Morgan fingerprint density at radius 3 is 2.06 bits per heavy atom. The molecule has 0 amide bonds. The number of ketones is 1. The van der Waals surface area contributed by atoms with Crippen molar-refractivity contribution in [1.29, 1.82) is 0 Å². The van der Waals surface area contributed by atoms with Crippen molar-refractivity contribution in [2.45, 2.75) is 39.7 Å². The Kier molecular flexibility index (Phi) is 5.36. The quantitative estimate of drug-likeness (QED) is 0.725. The Hall–Kier alpha value is -0.860. The van der Waals surface area contributed by atoms with Crippen molar-refractivity contribution in [3.05, 3.63) is 34.9 Å². The van der Waals surface area contributed by atoms with Crippen LogP contribution in [0.2, 0.25) is 5.02 Å². The molecule has 1 rings (SSSR count). The van der Waals surface area contributed by atoms with Crippen molar-refractivity contribution < 1.29 is 4.79 Å². The van der Waals surface area contributed by atoms with Crippen LogP contribution in [-0.2, 0) is 0 Å². The molecule has 0 bridgehead atoms. The van der Waals surface area contributed by atoms with Gasteiger partial charge in [0.15, 0.2) is 5.78 Å². The van der Waals surface area contributed by atoms with Crippen LogP contribution in [0.4, 0.5) is 0 Å². The zero-order chi connectivity index (χ0) is 13.8. The fraction of sp³-hybridized carbons (Fsp3) is 0.533. The van der Waals surface area contributed by atoms with Crippen LogP contribution in [0.15, 0.2) is 24.3 Å². The second-order valence-corrected chi connectivity index (χ2v) is 5.07. The molecule has 1 aromatic rings.